The van der Waals surface area contributed by atoms with Gasteiger partial charge in [0.1, 0.15) is 4.90 Å². The fraction of sp³-hybridized carbons (Fsp3) is 0.733. The third-order valence-corrected chi connectivity index (χ3v) is 6.59. The molecule has 2 saturated carbocycles. The SMILES string of the molecule is CCN(CC1CCC1)S(=O)(=O)c1cc(CO)n(C2CC2)c1. The first kappa shape index (κ1) is 15.1. The van der Waals surface area contributed by atoms with E-state index in [1.54, 1.807) is 16.6 Å². The highest BCUT2D eigenvalue weighted by molar-refractivity contribution is 7.89. The van der Waals surface area contributed by atoms with Gasteiger partial charge in [0.05, 0.1) is 6.61 Å². The molecule has 1 aromatic rings. The van der Waals surface area contributed by atoms with Crippen LogP contribution in [0, 0.1) is 5.92 Å². The van der Waals surface area contributed by atoms with Crippen LogP contribution in [0.2, 0.25) is 0 Å². The van der Waals surface area contributed by atoms with Crippen molar-refractivity contribution in [3.05, 3.63) is 18.0 Å². The fourth-order valence-corrected chi connectivity index (χ4v) is 4.54. The minimum Gasteiger partial charge on any atom is -0.390 e. The highest BCUT2D eigenvalue weighted by Gasteiger charge is 2.32. The predicted molar refractivity (Wildman–Crippen MR) is 80.4 cm³/mol. The quantitative estimate of drug-likeness (QED) is 0.839. The highest BCUT2D eigenvalue weighted by atomic mass is 32.2. The van der Waals surface area contributed by atoms with Crippen LogP contribution < -0.4 is 0 Å². The Hall–Kier alpha value is -0.850. The molecule has 1 aromatic heterocycles. The number of sulfonamides is 1. The zero-order valence-electron chi connectivity index (χ0n) is 12.5. The summed E-state index contributed by atoms with van der Waals surface area (Å²) in [6.07, 6.45) is 7.34. The summed E-state index contributed by atoms with van der Waals surface area (Å²) in [4.78, 5) is 0.333. The smallest absolute Gasteiger partial charge is 0.244 e. The van der Waals surface area contributed by atoms with Gasteiger partial charge in [-0.15, -0.1) is 0 Å². The van der Waals surface area contributed by atoms with E-state index in [1.165, 1.54) is 6.42 Å². The van der Waals surface area contributed by atoms with Crippen LogP contribution in [0.5, 0.6) is 0 Å². The van der Waals surface area contributed by atoms with Gasteiger partial charge >= 0.3 is 0 Å². The minimum absolute atomic E-state index is 0.110. The minimum atomic E-state index is -3.44. The van der Waals surface area contributed by atoms with E-state index in [2.05, 4.69) is 0 Å². The normalized spacial score (nSPS) is 20.0. The van der Waals surface area contributed by atoms with E-state index in [-0.39, 0.29) is 6.61 Å². The Morgan fingerprint density at radius 2 is 2.05 bits per heavy atom. The highest BCUT2D eigenvalue weighted by Crippen LogP contribution is 2.38. The molecule has 0 spiro atoms. The average Bonchev–Trinajstić information content (AvgIpc) is 3.16. The number of rotatable bonds is 7. The van der Waals surface area contributed by atoms with Crippen molar-refractivity contribution in [2.45, 2.75) is 56.6 Å². The maximum Gasteiger partial charge on any atom is 0.244 e. The molecule has 1 heterocycles. The molecule has 3 rings (SSSR count). The van der Waals surface area contributed by atoms with Crippen LogP contribution in [0.3, 0.4) is 0 Å². The summed E-state index contributed by atoms with van der Waals surface area (Å²) in [6, 6.07) is 2.01. The largest absolute Gasteiger partial charge is 0.390 e. The van der Waals surface area contributed by atoms with Gasteiger partial charge in [-0.1, -0.05) is 13.3 Å². The van der Waals surface area contributed by atoms with E-state index in [0.29, 0.717) is 35.6 Å². The zero-order chi connectivity index (χ0) is 15.0. The lowest BCUT2D eigenvalue weighted by atomic mass is 9.85. The molecule has 0 amide bonds. The summed E-state index contributed by atoms with van der Waals surface area (Å²) in [5, 5.41) is 9.43. The van der Waals surface area contributed by atoms with Crippen molar-refractivity contribution in [2.75, 3.05) is 13.1 Å². The molecule has 2 fully saturated rings. The third-order valence-electron chi connectivity index (χ3n) is 4.69. The van der Waals surface area contributed by atoms with Crippen LogP contribution in [0.4, 0.5) is 0 Å². The molecule has 0 atom stereocenters. The lowest BCUT2D eigenvalue weighted by Gasteiger charge is -2.30. The zero-order valence-corrected chi connectivity index (χ0v) is 13.3. The summed E-state index contributed by atoms with van der Waals surface area (Å²) in [5.41, 5.74) is 0.704. The summed E-state index contributed by atoms with van der Waals surface area (Å²) in [7, 11) is -3.44. The van der Waals surface area contributed by atoms with Crippen LogP contribution in [-0.2, 0) is 16.6 Å². The van der Waals surface area contributed by atoms with Gasteiger partial charge in [0.15, 0.2) is 0 Å². The van der Waals surface area contributed by atoms with Crippen LogP contribution in [0.15, 0.2) is 17.2 Å². The molecule has 5 nitrogen and oxygen atoms in total. The second-order valence-electron chi connectivity index (χ2n) is 6.22. The summed E-state index contributed by atoms with van der Waals surface area (Å²) >= 11 is 0. The Morgan fingerprint density at radius 3 is 2.52 bits per heavy atom. The number of aliphatic hydroxyl groups is 1. The van der Waals surface area contributed by atoms with Crippen molar-refractivity contribution in [1.82, 2.24) is 8.87 Å². The Labute approximate surface area is 126 Å². The predicted octanol–water partition coefficient (Wildman–Crippen LogP) is 2.13. The topological polar surface area (TPSA) is 62.5 Å². The van der Waals surface area contributed by atoms with Crippen LogP contribution >= 0.6 is 0 Å². The van der Waals surface area contributed by atoms with Gasteiger partial charge in [-0.3, -0.25) is 0 Å². The van der Waals surface area contributed by atoms with E-state index in [1.807, 2.05) is 11.5 Å². The van der Waals surface area contributed by atoms with Gasteiger partial charge in [-0.2, -0.15) is 4.31 Å². The molecule has 118 valence electrons. The molecule has 2 aliphatic rings. The van der Waals surface area contributed by atoms with E-state index >= 15 is 0 Å². The van der Waals surface area contributed by atoms with Crippen molar-refractivity contribution in [3.8, 4) is 0 Å². The van der Waals surface area contributed by atoms with Gasteiger partial charge in [0.25, 0.3) is 0 Å². The molecule has 0 aromatic carbocycles. The number of aromatic nitrogens is 1. The van der Waals surface area contributed by atoms with Gasteiger partial charge in [-0.05, 0) is 37.7 Å². The van der Waals surface area contributed by atoms with Crippen molar-refractivity contribution >= 4 is 10.0 Å². The molecule has 2 aliphatic carbocycles. The molecule has 21 heavy (non-hydrogen) atoms. The Balaban J connectivity index is 1.85. The first-order valence-electron chi connectivity index (χ1n) is 7.88. The van der Waals surface area contributed by atoms with Gasteiger partial charge in [0, 0.05) is 31.0 Å². The molecule has 0 unspecified atom stereocenters. The third kappa shape index (κ3) is 2.89. The number of nitrogens with zero attached hydrogens (tertiary/aromatic N) is 2. The van der Waals surface area contributed by atoms with E-state index in [4.69, 9.17) is 0 Å². The second kappa shape index (κ2) is 5.74. The summed E-state index contributed by atoms with van der Waals surface area (Å²) < 4.78 is 29.1. The molecule has 6 heteroatoms. The fourth-order valence-electron chi connectivity index (χ4n) is 2.97. The summed E-state index contributed by atoms with van der Waals surface area (Å²) in [5.74, 6) is 0.516. The Morgan fingerprint density at radius 1 is 1.33 bits per heavy atom. The average molecular weight is 312 g/mol. The van der Waals surface area contributed by atoms with Crippen molar-refractivity contribution in [3.63, 3.8) is 0 Å². The summed E-state index contributed by atoms with van der Waals surface area (Å²) in [6.45, 7) is 2.91. The van der Waals surface area contributed by atoms with Crippen molar-refractivity contribution < 1.29 is 13.5 Å². The van der Waals surface area contributed by atoms with Gasteiger partial charge in [-0.25, -0.2) is 8.42 Å². The number of aliphatic hydroxyl groups excluding tert-OH is 1. The van der Waals surface area contributed by atoms with Crippen LogP contribution in [0.25, 0.3) is 0 Å². The lowest BCUT2D eigenvalue weighted by Crippen LogP contribution is -2.37. The molecule has 1 N–H and O–H groups in total. The van der Waals surface area contributed by atoms with Crippen molar-refractivity contribution in [1.29, 1.82) is 0 Å². The van der Waals surface area contributed by atoms with E-state index < -0.39 is 10.0 Å². The Bertz CT molecular complexity index is 600. The monoisotopic (exact) mass is 312 g/mol. The maximum atomic E-state index is 12.8. The molecule has 0 bridgehead atoms. The van der Waals surface area contributed by atoms with Gasteiger partial charge < -0.3 is 9.67 Å². The van der Waals surface area contributed by atoms with Gasteiger partial charge in [0.2, 0.25) is 10.0 Å². The lowest BCUT2D eigenvalue weighted by molar-refractivity contribution is 0.250. The number of hydrogen-bond donors (Lipinski definition) is 1. The molecule has 0 saturated heterocycles. The number of hydrogen-bond acceptors (Lipinski definition) is 3. The Kier molecular flexibility index (Phi) is 4.12. The van der Waals surface area contributed by atoms with E-state index in [0.717, 1.165) is 25.7 Å². The van der Waals surface area contributed by atoms with Crippen molar-refractivity contribution in [2.24, 2.45) is 5.92 Å². The van der Waals surface area contributed by atoms with Crippen LogP contribution in [-0.4, -0.2) is 35.5 Å². The second-order valence-corrected chi connectivity index (χ2v) is 8.15. The molecule has 0 aliphatic heterocycles. The molecular weight excluding hydrogens is 288 g/mol. The molecular formula is C15H24N2O3S. The van der Waals surface area contributed by atoms with E-state index in [9.17, 15) is 13.5 Å². The first-order valence-corrected chi connectivity index (χ1v) is 9.32. The standard InChI is InChI=1S/C15H24N2O3S/c1-2-16(9-12-4-3-5-12)21(19,20)15-8-14(11-18)17(10-15)13-6-7-13/h8,10,12-13,18H,2-7,9,11H2,1H3. The van der Waals surface area contributed by atoms with Crippen LogP contribution in [0.1, 0.15) is 50.8 Å². The first-order chi connectivity index (χ1) is 10.1. The maximum absolute atomic E-state index is 12.8. The molecule has 0 radical (unpaired) electrons.